The number of hydrogen-bond acceptors (Lipinski definition) is 2. The summed E-state index contributed by atoms with van der Waals surface area (Å²) in [7, 11) is 0. The first-order chi connectivity index (χ1) is 8.69. The Morgan fingerprint density at radius 2 is 2.22 bits per heavy atom. The monoisotopic (exact) mass is 311 g/mol. The summed E-state index contributed by atoms with van der Waals surface area (Å²) < 4.78 is 16.2. The minimum atomic E-state index is -0.185. The Morgan fingerprint density at radius 1 is 1.39 bits per heavy atom. The van der Waals surface area contributed by atoms with Crippen molar-refractivity contribution in [1.82, 2.24) is 15.1 Å². The molecule has 18 heavy (non-hydrogen) atoms. The third kappa shape index (κ3) is 3.40. The van der Waals surface area contributed by atoms with Gasteiger partial charge in [0.25, 0.3) is 0 Å². The van der Waals surface area contributed by atoms with Crippen LogP contribution in [0.3, 0.4) is 0 Å². The summed E-state index contributed by atoms with van der Waals surface area (Å²) in [6, 6.07) is 4.96. The van der Waals surface area contributed by atoms with E-state index in [1.807, 2.05) is 24.0 Å². The molecule has 0 fully saturated rings. The van der Waals surface area contributed by atoms with E-state index in [0.717, 1.165) is 16.6 Å². The molecule has 1 N–H and O–H groups in total. The number of nitrogens with one attached hydrogen (secondary N) is 1. The molecule has 1 aromatic heterocycles. The fourth-order valence-electron chi connectivity index (χ4n) is 1.69. The summed E-state index contributed by atoms with van der Waals surface area (Å²) in [5.74, 6) is -0.185. The summed E-state index contributed by atoms with van der Waals surface area (Å²) in [6.07, 6.45) is 3.82. The molecule has 1 heterocycles. The van der Waals surface area contributed by atoms with Gasteiger partial charge in [0.15, 0.2) is 0 Å². The highest BCUT2D eigenvalue weighted by atomic mass is 79.9. The Bertz CT molecular complexity index is 525. The van der Waals surface area contributed by atoms with E-state index in [-0.39, 0.29) is 5.82 Å². The number of halogens is 2. The van der Waals surface area contributed by atoms with Gasteiger partial charge < -0.3 is 5.32 Å². The molecule has 0 atom stereocenters. The van der Waals surface area contributed by atoms with Gasteiger partial charge in [0.2, 0.25) is 0 Å². The Labute approximate surface area is 114 Å². The van der Waals surface area contributed by atoms with Gasteiger partial charge in [0.05, 0.1) is 6.20 Å². The van der Waals surface area contributed by atoms with E-state index < -0.39 is 0 Å². The Balaban J connectivity index is 1.90. The minimum Gasteiger partial charge on any atom is -0.308 e. The molecule has 0 aliphatic rings. The predicted molar refractivity (Wildman–Crippen MR) is 72.5 cm³/mol. The molecule has 0 aliphatic heterocycles. The number of rotatable bonds is 5. The SMILES string of the molecule is CCn1cc(CNCc2cc(Br)ccc2F)cn1. The second-order valence-corrected chi connectivity index (χ2v) is 4.96. The maximum Gasteiger partial charge on any atom is 0.127 e. The Morgan fingerprint density at radius 3 is 2.94 bits per heavy atom. The largest absolute Gasteiger partial charge is 0.308 e. The molecule has 0 aliphatic carbocycles. The number of aromatic nitrogens is 2. The van der Waals surface area contributed by atoms with Crippen LogP contribution in [-0.4, -0.2) is 9.78 Å². The lowest BCUT2D eigenvalue weighted by Crippen LogP contribution is -2.13. The summed E-state index contributed by atoms with van der Waals surface area (Å²) >= 11 is 3.34. The van der Waals surface area contributed by atoms with E-state index in [9.17, 15) is 4.39 Å². The molecule has 5 heteroatoms. The Hall–Kier alpha value is -1.20. The van der Waals surface area contributed by atoms with Crippen LogP contribution in [-0.2, 0) is 19.6 Å². The van der Waals surface area contributed by atoms with E-state index >= 15 is 0 Å². The van der Waals surface area contributed by atoms with Crippen LogP contribution in [0.1, 0.15) is 18.1 Å². The lowest BCUT2D eigenvalue weighted by Gasteiger charge is -2.05. The van der Waals surface area contributed by atoms with Crippen molar-refractivity contribution in [3.8, 4) is 0 Å². The summed E-state index contributed by atoms with van der Waals surface area (Å²) in [5.41, 5.74) is 1.76. The molecule has 0 bridgehead atoms. The van der Waals surface area contributed by atoms with Gasteiger partial charge in [-0.2, -0.15) is 5.10 Å². The fourth-order valence-corrected chi connectivity index (χ4v) is 2.10. The van der Waals surface area contributed by atoms with Crippen molar-refractivity contribution in [2.24, 2.45) is 0 Å². The summed E-state index contributed by atoms with van der Waals surface area (Å²) in [5, 5.41) is 7.40. The van der Waals surface area contributed by atoms with Gasteiger partial charge in [-0.05, 0) is 25.1 Å². The van der Waals surface area contributed by atoms with Crippen LogP contribution in [0.5, 0.6) is 0 Å². The van der Waals surface area contributed by atoms with Crippen molar-refractivity contribution in [3.63, 3.8) is 0 Å². The van der Waals surface area contributed by atoms with Gasteiger partial charge in [0.1, 0.15) is 5.82 Å². The zero-order valence-electron chi connectivity index (χ0n) is 10.2. The van der Waals surface area contributed by atoms with E-state index in [4.69, 9.17) is 0 Å². The van der Waals surface area contributed by atoms with E-state index in [0.29, 0.717) is 18.7 Å². The van der Waals surface area contributed by atoms with Crippen molar-refractivity contribution >= 4 is 15.9 Å². The maximum atomic E-state index is 13.5. The van der Waals surface area contributed by atoms with Crippen molar-refractivity contribution in [2.75, 3.05) is 0 Å². The highest BCUT2D eigenvalue weighted by Gasteiger charge is 2.03. The predicted octanol–water partition coefficient (Wildman–Crippen LogP) is 3.09. The molecule has 3 nitrogen and oxygen atoms in total. The van der Waals surface area contributed by atoms with Crippen LogP contribution < -0.4 is 5.32 Å². The zero-order valence-corrected chi connectivity index (χ0v) is 11.7. The summed E-state index contributed by atoms with van der Waals surface area (Å²) in [6.45, 7) is 4.09. The lowest BCUT2D eigenvalue weighted by atomic mass is 10.2. The second kappa shape index (κ2) is 6.11. The van der Waals surface area contributed by atoms with Gasteiger partial charge >= 0.3 is 0 Å². The highest BCUT2D eigenvalue weighted by Crippen LogP contribution is 2.15. The lowest BCUT2D eigenvalue weighted by molar-refractivity contribution is 0.587. The average Bonchev–Trinajstić information content (AvgIpc) is 2.81. The molecule has 0 saturated heterocycles. The molecular weight excluding hydrogens is 297 g/mol. The molecule has 2 aromatic rings. The molecule has 2 rings (SSSR count). The smallest absolute Gasteiger partial charge is 0.127 e. The molecular formula is C13H15BrFN3. The quantitative estimate of drug-likeness (QED) is 0.919. The molecule has 1 aromatic carbocycles. The zero-order chi connectivity index (χ0) is 13.0. The number of hydrogen-bond donors (Lipinski definition) is 1. The number of aryl methyl sites for hydroxylation is 1. The van der Waals surface area contributed by atoms with Crippen LogP contribution >= 0.6 is 15.9 Å². The van der Waals surface area contributed by atoms with Gasteiger partial charge in [-0.3, -0.25) is 4.68 Å². The van der Waals surface area contributed by atoms with Crippen LogP contribution in [0, 0.1) is 5.82 Å². The van der Waals surface area contributed by atoms with Crippen LogP contribution in [0.4, 0.5) is 4.39 Å². The van der Waals surface area contributed by atoms with E-state index in [1.54, 1.807) is 12.1 Å². The van der Waals surface area contributed by atoms with Gasteiger partial charge in [-0.25, -0.2) is 4.39 Å². The molecule has 0 spiro atoms. The fraction of sp³-hybridized carbons (Fsp3) is 0.308. The molecule has 0 amide bonds. The molecule has 0 saturated carbocycles. The third-order valence-corrected chi connectivity index (χ3v) is 3.16. The number of nitrogens with zero attached hydrogens (tertiary/aromatic N) is 2. The van der Waals surface area contributed by atoms with Crippen LogP contribution in [0.2, 0.25) is 0 Å². The third-order valence-electron chi connectivity index (χ3n) is 2.66. The van der Waals surface area contributed by atoms with E-state index in [2.05, 4.69) is 26.3 Å². The normalized spacial score (nSPS) is 10.8. The molecule has 96 valence electrons. The van der Waals surface area contributed by atoms with Crippen molar-refractivity contribution in [1.29, 1.82) is 0 Å². The topological polar surface area (TPSA) is 29.9 Å². The van der Waals surface area contributed by atoms with Gasteiger partial charge in [0, 0.05) is 41.4 Å². The van der Waals surface area contributed by atoms with Crippen molar-refractivity contribution in [2.45, 2.75) is 26.6 Å². The van der Waals surface area contributed by atoms with Crippen LogP contribution in [0.25, 0.3) is 0 Å². The molecule has 0 radical (unpaired) electrons. The van der Waals surface area contributed by atoms with Gasteiger partial charge in [-0.15, -0.1) is 0 Å². The van der Waals surface area contributed by atoms with Crippen molar-refractivity contribution in [3.05, 3.63) is 52.0 Å². The second-order valence-electron chi connectivity index (χ2n) is 4.04. The first-order valence-electron chi connectivity index (χ1n) is 5.85. The van der Waals surface area contributed by atoms with Crippen LogP contribution in [0.15, 0.2) is 35.1 Å². The molecule has 0 unspecified atom stereocenters. The maximum absolute atomic E-state index is 13.5. The van der Waals surface area contributed by atoms with Gasteiger partial charge in [-0.1, -0.05) is 15.9 Å². The van der Waals surface area contributed by atoms with Crippen molar-refractivity contribution < 1.29 is 4.39 Å². The number of benzene rings is 1. The average molecular weight is 312 g/mol. The minimum absolute atomic E-state index is 0.185. The Kier molecular flexibility index (Phi) is 4.49. The summed E-state index contributed by atoms with van der Waals surface area (Å²) in [4.78, 5) is 0. The standard InChI is InChI=1S/C13H15BrFN3/c1-2-18-9-10(7-17-18)6-16-8-11-5-12(14)3-4-13(11)15/h3-5,7,9,16H,2,6,8H2,1H3. The highest BCUT2D eigenvalue weighted by molar-refractivity contribution is 9.10. The van der Waals surface area contributed by atoms with E-state index in [1.165, 1.54) is 6.07 Å². The first kappa shape index (κ1) is 13.2. The first-order valence-corrected chi connectivity index (χ1v) is 6.64.